The van der Waals surface area contributed by atoms with Crippen LogP contribution < -0.4 is 9.80 Å². The number of aryl methyl sites for hydroxylation is 2. The number of nitrogens with zero attached hydrogens (tertiary/aromatic N) is 6. The van der Waals surface area contributed by atoms with Gasteiger partial charge in [0.15, 0.2) is 0 Å². The van der Waals surface area contributed by atoms with Gasteiger partial charge in [-0.25, -0.2) is 15.0 Å². The minimum Gasteiger partial charge on any atom is -0.391 e. The number of rotatable bonds is 2. The average Bonchev–Trinajstić information content (AvgIpc) is 3.03. The smallest absolute Gasteiger partial charge is 0.147 e. The van der Waals surface area contributed by atoms with Gasteiger partial charge in [-0.15, -0.1) is 11.3 Å². The van der Waals surface area contributed by atoms with Crippen molar-refractivity contribution in [1.82, 2.24) is 19.9 Å². The van der Waals surface area contributed by atoms with Crippen LogP contribution in [0.5, 0.6) is 0 Å². The number of anilines is 2. The molecule has 0 saturated carbocycles. The van der Waals surface area contributed by atoms with E-state index in [1.807, 2.05) is 0 Å². The van der Waals surface area contributed by atoms with Gasteiger partial charge >= 0.3 is 0 Å². The van der Waals surface area contributed by atoms with Crippen LogP contribution in [-0.2, 0) is 0 Å². The molecule has 8 heteroatoms. The Kier molecular flexibility index (Phi) is 4.63. The SMILES string of the molecule is Cc1sc2ncnc(N3CCC4(CC3)CC(O)CN(c3cnccn3)C4)c2c1C. The number of hydrogen-bond acceptors (Lipinski definition) is 8. The van der Waals surface area contributed by atoms with Crippen molar-refractivity contribution in [2.45, 2.75) is 39.2 Å². The second-order valence-electron chi connectivity index (χ2n) is 8.45. The van der Waals surface area contributed by atoms with Crippen LogP contribution in [0, 0.1) is 19.3 Å². The fraction of sp³-hybridized carbons (Fsp3) is 0.524. The van der Waals surface area contributed by atoms with E-state index >= 15 is 0 Å². The fourth-order valence-electron chi connectivity index (χ4n) is 4.94. The molecule has 0 bridgehead atoms. The Morgan fingerprint density at radius 3 is 2.69 bits per heavy atom. The summed E-state index contributed by atoms with van der Waals surface area (Å²) < 4.78 is 0. The van der Waals surface area contributed by atoms with Gasteiger partial charge in [-0.1, -0.05) is 0 Å². The maximum atomic E-state index is 10.6. The average molecular weight is 411 g/mol. The number of piperidine rings is 2. The van der Waals surface area contributed by atoms with Crippen molar-refractivity contribution in [3.63, 3.8) is 0 Å². The van der Waals surface area contributed by atoms with E-state index in [1.54, 1.807) is 36.3 Å². The summed E-state index contributed by atoms with van der Waals surface area (Å²) in [7, 11) is 0. The van der Waals surface area contributed by atoms with Crippen molar-refractivity contribution in [3.05, 3.63) is 35.4 Å². The van der Waals surface area contributed by atoms with Crippen LogP contribution in [0.25, 0.3) is 10.2 Å². The number of aliphatic hydroxyl groups excluding tert-OH is 1. The number of fused-ring (bicyclic) bond motifs is 1. The number of thiophene rings is 1. The Bertz CT molecular complexity index is 1010. The van der Waals surface area contributed by atoms with Gasteiger partial charge in [0.2, 0.25) is 0 Å². The zero-order valence-electron chi connectivity index (χ0n) is 16.9. The minimum atomic E-state index is -0.329. The van der Waals surface area contributed by atoms with Crippen LogP contribution in [-0.4, -0.2) is 57.3 Å². The van der Waals surface area contributed by atoms with Crippen LogP contribution in [0.3, 0.4) is 0 Å². The molecule has 2 saturated heterocycles. The lowest BCUT2D eigenvalue weighted by Crippen LogP contribution is -2.54. The first-order valence-corrected chi connectivity index (χ1v) is 11.0. The van der Waals surface area contributed by atoms with E-state index in [0.29, 0.717) is 6.54 Å². The van der Waals surface area contributed by atoms with E-state index < -0.39 is 0 Å². The van der Waals surface area contributed by atoms with Gasteiger partial charge in [0.25, 0.3) is 0 Å². The Balaban J connectivity index is 1.37. The Morgan fingerprint density at radius 2 is 1.93 bits per heavy atom. The van der Waals surface area contributed by atoms with E-state index in [9.17, 15) is 5.11 Å². The second-order valence-corrected chi connectivity index (χ2v) is 9.65. The monoisotopic (exact) mass is 410 g/mol. The van der Waals surface area contributed by atoms with E-state index in [2.05, 4.69) is 43.6 Å². The number of β-amino-alcohol motifs (C(OH)–C–C–N with tert-alkyl or cyclic N) is 1. The molecule has 1 spiro atoms. The predicted octanol–water partition coefficient (Wildman–Crippen LogP) is 2.96. The largest absolute Gasteiger partial charge is 0.391 e. The number of hydrogen-bond donors (Lipinski definition) is 1. The van der Waals surface area contributed by atoms with Gasteiger partial charge in [0.1, 0.15) is 22.8 Å². The highest BCUT2D eigenvalue weighted by Crippen LogP contribution is 2.43. The van der Waals surface area contributed by atoms with Gasteiger partial charge in [0, 0.05) is 43.4 Å². The zero-order chi connectivity index (χ0) is 20.0. The molecular formula is C21H26N6OS. The molecule has 5 heterocycles. The van der Waals surface area contributed by atoms with E-state index in [0.717, 1.165) is 55.4 Å². The summed E-state index contributed by atoms with van der Waals surface area (Å²) in [5, 5.41) is 11.8. The molecule has 0 aliphatic carbocycles. The van der Waals surface area contributed by atoms with E-state index in [1.165, 1.54) is 15.8 Å². The molecule has 3 aromatic rings. The summed E-state index contributed by atoms with van der Waals surface area (Å²) in [4.78, 5) is 24.8. The predicted molar refractivity (Wildman–Crippen MR) is 116 cm³/mol. The number of aliphatic hydroxyl groups is 1. The molecule has 2 aliphatic heterocycles. The molecule has 2 fully saturated rings. The topological polar surface area (TPSA) is 78.3 Å². The van der Waals surface area contributed by atoms with Crippen LogP contribution in [0.1, 0.15) is 29.7 Å². The second kappa shape index (κ2) is 7.18. The maximum absolute atomic E-state index is 10.6. The van der Waals surface area contributed by atoms with Gasteiger partial charge < -0.3 is 14.9 Å². The highest BCUT2D eigenvalue weighted by molar-refractivity contribution is 7.18. The van der Waals surface area contributed by atoms with Crippen molar-refractivity contribution in [2.24, 2.45) is 5.41 Å². The third-order valence-electron chi connectivity index (χ3n) is 6.57. The first-order valence-electron chi connectivity index (χ1n) is 10.2. The van der Waals surface area contributed by atoms with E-state index in [-0.39, 0.29) is 11.5 Å². The molecule has 5 rings (SSSR count). The highest BCUT2D eigenvalue weighted by Gasteiger charge is 2.42. The zero-order valence-corrected chi connectivity index (χ0v) is 17.7. The van der Waals surface area contributed by atoms with Crippen LogP contribution >= 0.6 is 11.3 Å². The summed E-state index contributed by atoms with van der Waals surface area (Å²) in [6.45, 7) is 7.77. The molecule has 1 atom stereocenters. The lowest BCUT2D eigenvalue weighted by Gasteiger charge is -2.49. The lowest BCUT2D eigenvalue weighted by atomic mass is 9.71. The molecule has 2 aliphatic rings. The minimum absolute atomic E-state index is 0.109. The van der Waals surface area contributed by atoms with Crippen LogP contribution in [0.2, 0.25) is 0 Å². The molecule has 29 heavy (non-hydrogen) atoms. The molecule has 0 amide bonds. The van der Waals surface area contributed by atoms with Crippen LogP contribution in [0.4, 0.5) is 11.6 Å². The standard InChI is InChI=1S/C21H26N6OS/c1-14-15(2)29-20-18(14)19(24-13-25-20)26-7-3-21(4-8-26)9-16(28)11-27(12-21)17-10-22-5-6-23-17/h5-6,10,13,16,28H,3-4,7-9,11-12H2,1-2H3. The molecule has 1 unspecified atom stereocenters. The molecule has 0 radical (unpaired) electrons. The molecule has 0 aromatic carbocycles. The molecule has 3 aromatic heterocycles. The molecular weight excluding hydrogens is 384 g/mol. The fourth-order valence-corrected chi connectivity index (χ4v) is 5.93. The third kappa shape index (κ3) is 3.34. The quantitative estimate of drug-likeness (QED) is 0.696. The third-order valence-corrected chi connectivity index (χ3v) is 7.68. The summed E-state index contributed by atoms with van der Waals surface area (Å²) in [5.74, 6) is 1.92. The van der Waals surface area contributed by atoms with Gasteiger partial charge in [-0.2, -0.15) is 0 Å². The van der Waals surface area contributed by atoms with E-state index in [4.69, 9.17) is 0 Å². The summed E-state index contributed by atoms with van der Waals surface area (Å²) in [6, 6.07) is 0. The molecule has 1 N–H and O–H groups in total. The molecule has 152 valence electrons. The Labute approximate surface area is 174 Å². The normalized spacial score (nSPS) is 21.8. The summed E-state index contributed by atoms with van der Waals surface area (Å²) in [6.07, 6.45) is 9.49. The first kappa shape index (κ1) is 18.7. The van der Waals surface area contributed by atoms with Crippen LogP contribution in [0.15, 0.2) is 24.9 Å². The lowest BCUT2D eigenvalue weighted by molar-refractivity contribution is 0.0595. The van der Waals surface area contributed by atoms with Gasteiger partial charge in [0.05, 0.1) is 17.7 Å². The Hall–Kier alpha value is -2.32. The van der Waals surface area contributed by atoms with Crippen molar-refractivity contribution in [2.75, 3.05) is 36.0 Å². The number of aromatic nitrogens is 4. The van der Waals surface area contributed by atoms with Crippen molar-refractivity contribution in [1.29, 1.82) is 0 Å². The highest BCUT2D eigenvalue weighted by atomic mass is 32.1. The maximum Gasteiger partial charge on any atom is 0.147 e. The van der Waals surface area contributed by atoms with Gasteiger partial charge in [-0.3, -0.25) is 4.98 Å². The summed E-state index contributed by atoms with van der Waals surface area (Å²) in [5.41, 5.74) is 1.40. The van der Waals surface area contributed by atoms with Crippen molar-refractivity contribution in [3.8, 4) is 0 Å². The summed E-state index contributed by atoms with van der Waals surface area (Å²) >= 11 is 1.75. The van der Waals surface area contributed by atoms with Gasteiger partial charge in [-0.05, 0) is 44.1 Å². The van der Waals surface area contributed by atoms with Crippen molar-refractivity contribution < 1.29 is 5.11 Å². The molecule has 7 nitrogen and oxygen atoms in total. The first-order chi connectivity index (χ1) is 14.0. The Morgan fingerprint density at radius 1 is 1.10 bits per heavy atom. The van der Waals surface area contributed by atoms with Crippen molar-refractivity contribution >= 4 is 33.2 Å².